The van der Waals surface area contributed by atoms with Gasteiger partial charge in [0, 0.05) is 42.9 Å². The average molecular weight is 291 g/mol. The van der Waals surface area contributed by atoms with Crippen LogP contribution in [0, 0.1) is 0 Å². The van der Waals surface area contributed by atoms with Crippen LogP contribution >= 0.6 is 11.8 Å². The first-order valence-electron chi connectivity index (χ1n) is 7.22. The number of anilines is 1. The maximum atomic E-state index is 12.6. The summed E-state index contributed by atoms with van der Waals surface area (Å²) in [6.07, 6.45) is 0. The molecule has 0 aliphatic carbocycles. The van der Waals surface area contributed by atoms with Crippen molar-refractivity contribution in [2.45, 2.75) is 17.9 Å². The van der Waals surface area contributed by atoms with Crippen molar-refractivity contribution in [3.63, 3.8) is 0 Å². The highest BCUT2D eigenvalue weighted by Gasteiger charge is 2.26. The van der Waals surface area contributed by atoms with Crippen LogP contribution in [0.3, 0.4) is 0 Å². The Morgan fingerprint density at radius 3 is 3.10 bits per heavy atom. The quantitative estimate of drug-likeness (QED) is 0.894. The molecule has 1 fully saturated rings. The van der Waals surface area contributed by atoms with Gasteiger partial charge in [0.1, 0.15) is 0 Å². The van der Waals surface area contributed by atoms with Crippen molar-refractivity contribution in [1.82, 2.24) is 10.2 Å². The monoisotopic (exact) mass is 291 g/mol. The molecule has 1 aromatic rings. The molecule has 20 heavy (non-hydrogen) atoms. The third-order valence-electron chi connectivity index (χ3n) is 4.01. The Morgan fingerprint density at radius 1 is 1.40 bits per heavy atom. The second kappa shape index (κ2) is 6.16. The van der Waals surface area contributed by atoms with Crippen molar-refractivity contribution >= 4 is 23.4 Å². The minimum atomic E-state index is 0.228. The molecule has 5 heteroatoms. The van der Waals surface area contributed by atoms with Crippen molar-refractivity contribution in [3.8, 4) is 0 Å². The number of nitrogens with zero attached hydrogens (tertiary/aromatic N) is 2. The molecule has 0 unspecified atom stereocenters. The van der Waals surface area contributed by atoms with Gasteiger partial charge in [-0.3, -0.25) is 9.69 Å². The number of nitrogens with one attached hydrogen (secondary N) is 1. The lowest BCUT2D eigenvalue weighted by molar-refractivity contribution is -0.120. The fourth-order valence-electron chi connectivity index (χ4n) is 2.81. The molecule has 2 aliphatic rings. The average Bonchev–Trinajstić information content (AvgIpc) is 2.49. The molecule has 0 saturated carbocycles. The van der Waals surface area contributed by atoms with E-state index < -0.39 is 0 Å². The number of fused-ring (bicyclic) bond motifs is 1. The van der Waals surface area contributed by atoms with Gasteiger partial charge in [0.15, 0.2) is 0 Å². The standard InChI is InChI=1S/C15H21N3OS/c1-12-10-16-6-7-17(12)11-15(19)18-8-9-20-14-5-3-2-4-13(14)18/h2-5,12,16H,6-11H2,1H3/t12-/m0/s1. The van der Waals surface area contributed by atoms with Gasteiger partial charge in [0.2, 0.25) is 5.91 Å². The summed E-state index contributed by atoms with van der Waals surface area (Å²) in [6, 6.07) is 8.64. The largest absolute Gasteiger partial charge is 0.314 e. The van der Waals surface area contributed by atoms with Gasteiger partial charge in [-0.2, -0.15) is 0 Å². The minimum Gasteiger partial charge on any atom is -0.314 e. The highest BCUT2D eigenvalue weighted by molar-refractivity contribution is 7.99. The van der Waals surface area contributed by atoms with Gasteiger partial charge in [-0.1, -0.05) is 12.1 Å². The molecular weight excluding hydrogens is 270 g/mol. The van der Waals surface area contributed by atoms with E-state index in [1.807, 2.05) is 28.8 Å². The summed E-state index contributed by atoms with van der Waals surface area (Å²) in [5, 5.41) is 3.36. The Hall–Kier alpha value is -1.04. The zero-order valence-electron chi connectivity index (χ0n) is 11.8. The zero-order chi connectivity index (χ0) is 13.9. The van der Waals surface area contributed by atoms with Crippen molar-refractivity contribution in [3.05, 3.63) is 24.3 Å². The maximum absolute atomic E-state index is 12.6. The van der Waals surface area contributed by atoms with E-state index in [9.17, 15) is 4.79 Å². The topological polar surface area (TPSA) is 35.6 Å². The summed E-state index contributed by atoms with van der Waals surface area (Å²) in [7, 11) is 0. The zero-order valence-corrected chi connectivity index (χ0v) is 12.7. The van der Waals surface area contributed by atoms with Gasteiger partial charge in [0.05, 0.1) is 12.2 Å². The SMILES string of the molecule is C[C@H]1CNCCN1CC(=O)N1CCSc2ccccc21. The minimum absolute atomic E-state index is 0.228. The molecule has 0 spiro atoms. The fourth-order valence-corrected chi connectivity index (χ4v) is 3.80. The number of carbonyl (C=O) groups is 1. The Labute approximate surface area is 124 Å². The Bertz CT molecular complexity index is 494. The molecule has 0 aromatic heterocycles. The van der Waals surface area contributed by atoms with Crippen molar-refractivity contribution < 1.29 is 4.79 Å². The van der Waals surface area contributed by atoms with Crippen LogP contribution < -0.4 is 10.2 Å². The van der Waals surface area contributed by atoms with Gasteiger partial charge >= 0.3 is 0 Å². The van der Waals surface area contributed by atoms with Crippen LogP contribution in [-0.2, 0) is 4.79 Å². The van der Waals surface area contributed by atoms with Crippen LogP contribution in [0.25, 0.3) is 0 Å². The molecule has 2 heterocycles. The highest BCUT2D eigenvalue weighted by atomic mass is 32.2. The number of piperazine rings is 1. The lowest BCUT2D eigenvalue weighted by Gasteiger charge is -2.36. The lowest BCUT2D eigenvalue weighted by atomic mass is 10.2. The van der Waals surface area contributed by atoms with Crippen LogP contribution in [0.2, 0.25) is 0 Å². The first-order valence-corrected chi connectivity index (χ1v) is 8.21. The van der Waals surface area contributed by atoms with E-state index in [1.54, 1.807) is 0 Å². The molecule has 0 bridgehead atoms. The second-order valence-electron chi connectivity index (χ2n) is 5.39. The Balaban J connectivity index is 1.72. The number of hydrogen-bond acceptors (Lipinski definition) is 4. The summed E-state index contributed by atoms with van der Waals surface area (Å²) in [4.78, 5) is 18.1. The van der Waals surface area contributed by atoms with Crippen molar-refractivity contribution in [1.29, 1.82) is 0 Å². The molecule has 1 saturated heterocycles. The number of rotatable bonds is 2. The van der Waals surface area contributed by atoms with Crippen LogP contribution in [0.15, 0.2) is 29.2 Å². The first-order chi connectivity index (χ1) is 9.75. The Morgan fingerprint density at radius 2 is 2.25 bits per heavy atom. The smallest absolute Gasteiger partial charge is 0.241 e. The number of thioether (sulfide) groups is 1. The third-order valence-corrected chi connectivity index (χ3v) is 5.05. The van der Waals surface area contributed by atoms with Gasteiger partial charge in [0.25, 0.3) is 0 Å². The number of amides is 1. The van der Waals surface area contributed by atoms with Gasteiger partial charge in [-0.15, -0.1) is 11.8 Å². The number of benzene rings is 1. The molecule has 1 N–H and O–H groups in total. The van der Waals surface area contributed by atoms with E-state index in [0.717, 1.165) is 37.6 Å². The van der Waals surface area contributed by atoms with Crippen molar-refractivity contribution in [2.75, 3.05) is 43.4 Å². The van der Waals surface area contributed by atoms with E-state index in [0.29, 0.717) is 12.6 Å². The van der Waals surface area contributed by atoms with Gasteiger partial charge < -0.3 is 10.2 Å². The first kappa shape index (κ1) is 13.9. The molecule has 1 amide bonds. The fraction of sp³-hybridized carbons (Fsp3) is 0.533. The van der Waals surface area contributed by atoms with Crippen LogP contribution in [-0.4, -0.2) is 55.3 Å². The van der Waals surface area contributed by atoms with E-state index in [1.165, 1.54) is 4.90 Å². The predicted molar refractivity (Wildman–Crippen MR) is 83.4 cm³/mol. The summed E-state index contributed by atoms with van der Waals surface area (Å²) < 4.78 is 0. The number of para-hydroxylation sites is 1. The summed E-state index contributed by atoms with van der Waals surface area (Å²) >= 11 is 1.84. The predicted octanol–water partition coefficient (Wildman–Crippen LogP) is 1.42. The van der Waals surface area contributed by atoms with Crippen LogP contribution in [0.4, 0.5) is 5.69 Å². The Kier molecular flexibility index (Phi) is 4.29. The third kappa shape index (κ3) is 2.85. The molecule has 1 atom stereocenters. The van der Waals surface area contributed by atoms with Crippen LogP contribution in [0.1, 0.15) is 6.92 Å². The van der Waals surface area contributed by atoms with E-state index in [2.05, 4.69) is 29.3 Å². The number of hydrogen-bond donors (Lipinski definition) is 1. The lowest BCUT2D eigenvalue weighted by Crippen LogP contribution is -2.53. The van der Waals surface area contributed by atoms with Gasteiger partial charge in [-0.25, -0.2) is 0 Å². The highest BCUT2D eigenvalue weighted by Crippen LogP contribution is 2.34. The molecule has 2 aliphatic heterocycles. The summed E-state index contributed by atoms with van der Waals surface area (Å²) in [5.74, 6) is 1.21. The molecular formula is C15H21N3OS. The summed E-state index contributed by atoms with van der Waals surface area (Å²) in [5.41, 5.74) is 1.08. The van der Waals surface area contributed by atoms with Crippen molar-refractivity contribution in [2.24, 2.45) is 0 Å². The molecule has 3 rings (SSSR count). The molecule has 4 nitrogen and oxygen atoms in total. The normalized spacial score (nSPS) is 23.4. The van der Waals surface area contributed by atoms with E-state index in [4.69, 9.17) is 0 Å². The van der Waals surface area contributed by atoms with E-state index in [-0.39, 0.29) is 5.91 Å². The molecule has 108 valence electrons. The maximum Gasteiger partial charge on any atom is 0.241 e. The summed E-state index contributed by atoms with van der Waals surface area (Å²) in [6.45, 7) is 6.43. The second-order valence-corrected chi connectivity index (χ2v) is 6.52. The molecule has 1 aromatic carbocycles. The number of carbonyl (C=O) groups excluding carboxylic acids is 1. The van der Waals surface area contributed by atoms with Crippen LogP contribution in [0.5, 0.6) is 0 Å². The molecule has 0 radical (unpaired) electrons. The van der Waals surface area contributed by atoms with E-state index >= 15 is 0 Å². The van der Waals surface area contributed by atoms with Gasteiger partial charge in [-0.05, 0) is 19.1 Å².